The summed E-state index contributed by atoms with van der Waals surface area (Å²) in [7, 11) is 0. The first-order valence-electron chi connectivity index (χ1n) is 11.4. The average Bonchev–Trinajstić information content (AvgIpc) is 3.45. The molecule has 0 radical (unpaired) electrons. The fourth-order valence-corrected chi connectivity index (χ4v) is 4.52. The van der Waals surface area contributed by atoms with Crippen LogP contribution in [-0.2, 0) is 16.8 Å². The molecule has 7 heteroatoms. The quantitative estimate of drug-likeness (QED) is 0.298. The van der Waals surface area contributed by atoms with Gasteiger partial charge in [0.05, 0.1) is 5.69 Å². The predicted octanol–water partition coefficient (Wildman–Crippen LogP) is 6.47. The van der Waals surface area contributed by atoms with Gasteiger partial charge in [-0.2, -0.15) is 0 Å². The molecular weight excluding hydrogens is 448 g/mol. The van der Waals surface area contributed by atoms with Crippen LogP contribution in [0.3, 0.4) is 0 Å². The van der Waals surface area contributed by atoms with Crippen LogP contribution in [0.15, 0.2) is 58.3 Å². The van der Waals surface area contributed by atoms with Crippen LogP contribution in [0.4, 0.5) is 0 Å². The van der Waals surface area contributed by atoms with Crippen molar-refractivity contribution in [2.45, 2.75) is 58.7 Å². The number of aromatic nitrogens is 1. The number of nitrogens with zero attached hydrogens (tertiary/aromatic N) is 1. The van der Waals surface area contributed by atoms with Gasteiger partial charge in [0.15, 0.2) is 16.9 Å². The number of thiazole rings is 1. The number of para-hydroxylation sites is 1. The fraction of sp³-hybridized carbons (Fsp3) is 0.333. The SMILES string of the molecule is CCCC(Oc1ccccc1COc1ccc2oc(-c3nc(C(C)(C)C)cs3)cc2c1)C(N)=O. The largest absolute Gasteiger partial charge is 0.489 e. The van der Waals surface area contributed by atoms with Crippen LogP contribution in [0.2, 0.25) is 0 Å². The van der Waals surface area contributed by atoms with E-state index in [9.17, 15) is 4.79 Å². The molecule has 2 aromatic heterocycles. The Morgan fingerprint density at radius 3 is 2.68 bits per heavy atom. The lowest BCUT2D eigenvalue weighted by molar-refractivity contribution is -0.125. The molecular formula is C27H30N2O4S. The molecule has 0 saturated heterocycles. The topological polar surface area (TPSA) is 87.6 Å². The number of hydrogen-bond acceptors (Lipinski definition) is 6. The van der Waals surface area contributed by atoms with E-state index in [1.54, 1.807) is 11.3 Å². The third-order valence-corrected chi connectivity index (χ3v) is 6.33. The van der Waals surface area contributed by atoms with E-state index >= 15 is 0 Å². The van der Waals surface area contributed by atoms with E-state index in [-0.39, 0.29) is 5.41 Å². The Bertz CT molecular complexity index is 1290. The Morgan fingerprint density at radius 2 is 1.97 bits per heavy atom. The standard InChI is InChI=1S/C27H30N2O4S/c1-5-8-22(25(28)30)32-20-10-7-6-9-17(20)15-31-19-11-12-21-18(13-19)14-23(33-21)26-29-24(16-34-26)27(2,3)4/h6-7,9-14,16,22H,5,8,15H2,1-4H3,(H2,28,30). The minimum Gasteiger partial charge on any atom is -0.489 e. The molecule has 0 aliphatic rings. The number of nitrogens with two attached hydrogens (primary N) is 1. The summed E-state index contributed by atoms with van der Waals surface area (Å²) in [6, 6.07) is 15.3. The molecule has 4 rings (SSSR count). The second-order valence-electron chi connectivity index (χ2n) is 9.29. The summed E-state index contributed by atoms with van der Waals surface area (Å²) in [6.07, 6.45) is 0.717. The number of primary amides is 1. The van der Waals surface area contributed by atoms with E-state index in [1.165, 1.54) is 0 Å². The van der Waals surface area contributed by atoms with Crippen molar-refractivity contribution in [2.75, 3.05) is 0 Å². The molecule has 1 atom stereocenters. The highest BCUT2D eigenvalue weighted by Gasteiger charge is 2.20. The maximum Gasteiger partial charge on any atom is 0.258 e. The molecule has 2 aromatic carbocycles. The van der Waals surface area contributed by atoms with Gasteiger partial charge in [-0.25, -0.2) is 4.98 Å². The number of benzene rings is 2. The molecule has 1 unspecified atom stereocenters. The average molecular weight is 479 g/mol. The molecule has 0 aliphatic carbocycles. The van der Waals surface area contributed by atoms with Gasteiger partial charge in [-0.15, -0.1) is 11.3 Å². The Balaban J connectivity index is 1.50. The Hall–Kier alpha value is -3.32. The van der Waals surface area contributed by atoms with Gasteiger partial charge in [0.1, 0.15) is 23.7 Å². The lowest BCUT2D eigenvalue weighted by Crippen LogP contribution is -2.33. The molecule has 0 spiro atoms. The van der Waals surface area contributed by atoms with Crippen molar-refractivity contribution in [1.29, 1.82) is 0 Å². The van der Waals surface area contributed by atoms with Crippen molar-refractivity contribution >= 4 is 28.2 Å². The molecule has 1 amide bonds. The Kier molecular flexibility index (Phi) is 6.93. The highest BCUT2D eigenvalue weighted by molar-refractivity contribution is 7.13. The molecule has 34 heavy (non-hydrogen) atoms. The van der Waals surface area contributed by atoms with E-state index in [1.807, 2.05) is 55.5 Å². The van der Waals surface area contributed by atoms with Crippen LogP contribution in [0.1, 0.15) is 51.8 Å². The number of hydrogen-bond donors (Lipinski definition) is 1. The first-order valence-corrected chi connectivity index (χ1v) is 12.3. The number of fused-ring (bicyclic) bond motifs is 1. The molecule has 6 nitrogen and oxygen atoms in total. The first kappa shape index (κ1) is 23.8. The van der Waals surface area contributed by atoms with Crippen LogP contribution in [-0.4, -0.2) is 17.0 Å². The van der Waals surface area contributed by atoms with E-state index in [0.717, 1.165) is 39.4 Å². The van der Waals surface area contributed by atoms with Gasteiger partial charge in [0.25, 0.3) is 5.91 Å². The van der Waals surface area contributed by atoms with E-state index in [0.29, 0.717) is 24.5 Å². The normalized spacial score (nSPS) is 12.6. The number of carbonyl (C=O) groups excluding carboxylic acids is 1. The number of amides is 1. The maximum atomic E-state index is 11.7. The summed E-state index contributed by atoms with van der Waals surface area (Å²) in [4.78, 5) is 16.5. The summed E-state index contributed by atoms with van der Waals surface area (Å²) in [6.45, 7) is 8.73. The van der Waals surface area contributed by atoms with Gasteiger partial charge >= 0.3 is 0 Å². The monoisotopic (exact) mass is 478 g/mol. The summed E-state index contributed by atoms with van der Waals surface area (Å²) in [5, 5.41) is 3.90. The molecule has 2 N–H and O–H groups in total. The molecule has 0 bridgehead atoms. The van der Waals surface area contributed by atoms with Crippen LogP contribution < -0.4 is 15.2 Å². The summed E-state index contributed by atoms with van der Waals surface area (Å²) >= 11 is 1.59. The van der Waals surface area contributed by atoms with E-state index in [4.69, 9.17) is 24.6 Å². The Labute approximate surface area is 203 Å². The maximum absolute atomic E-state index is 11.7. The zero-order valence-corrected chi connectivity index (χ0v) is 20.8. The molecule has 0 fully saturated rings. The molecule has 178 valence electrons. The van der Waals surface area contributed by atoms with Gasteiger partial charge in [0.2, 0.25) is 0 Å². The number of carbonyl (C=O) groups is 1. The third-order valence-electron chi connectivity index (χ3n) is 5.48. The van der Waals surface area contributed by atoms with Crippen molar-refractivity contribution in [3.63, 3.8) is 0 Å². The van der Waals surface area contributed by atoms with Crippen LogP contribution in [0.25, 0.3) is 21.7 Å². The minimum atomic E-state index is -0.656. The molecule has 0 aliphatic heterocycles. The second kappa shape index (κ2) is 9.89. The summed E-state index contributed by atoms with van der Waals surface area (Å²) in [5.74, 6) is 1.60. The lowest BCUT2D eigenvalue weighted by Gasteiger charge is -2.18. The highest BCUT2D eigenvalue weighted by Crippen LogP contribution is 2.34. The molecule has 2 heterocycles. The number of ether oxygens (including phenoxy) is 2. The smallest absolute Gasteiger partial charge is 0.258 e. The second-order valence-corrected chi connectivity index (χ2v) is 10.2. The van der Waals surface area contributed by atoms with Gasteiger partial charge in [-0.1, -0.05) is 52.3 Å². The summed E-state index contributed by atoms with van der Waals surface area (Å²) in [5.41, 5.74) is 8.17. The fourth-order valence-electron chi connectivity index (χ4n) is 3.52. The van der Waals surface area contributed by atoms with Crippen molar-refractivity contribution < 1.29 is 18.7 Å². The van der Waals surface area contributed by atoms with Crippen molar-refractivity contribution in [2.24, 2.45) is 5.73 Å². The molecule has 0 saturated carbocycles. The van der Waals surface area contributed by atoms with Gasteiger partial charge < -0.3 is 19.6 Å². The Morgan fingerprint density at radius 1 is 1.18 bits per heavy atom. The van der Waals surface area contributed by atoms with E-state index < -0.39 is 12.0 Å². The van der Waals surface area contributed by atoms with E-state index in [2.05, 4.69) is 26.2 Å². The minimum absolute atomic E-state index is 0.00419. The van der Waals surface area contributed by atoms with Crippen LogP contribution in [0, 0.1) is 0 Å². The van der Waals surface area contributed by atoms with Crippen molar-refractivity contribution in [3.05, 3.63) is 65.2 Å². The number of furan rings is 1. The number of rotatable bonds is 9. The molecule has 4 aromatic rings. The van der Waals surface area contributed by atoms with Crippen molar-refractivity contribution in [1.82, 2.24) is 4.98 Å². The zero-order valence-electron chi connectivity index (χ0n) is 20.0. The van der Waals surface area contributed by atoms with Crippen molar-refractivity contribution in [3.8, 4) is 22.3 Å². The zero-order chi connectivity index (χ0) is 24.3. The third kappa shape index (κ3) is 5.42. The highest BCUT2D eigenvalue weighted by atomic mass is 32.1. The lowest BCUT2D eigenvalue weighted by atomic mass is 9.93. The van der Waals surface area contributed by atoms with Crippen LogP contribution >= 0.6 is 11.3 Å². The van der Waals surface area contributed by atoms with Gasteiger partial charge in [-0.05, 0) is 36.8 Å². The predicted molar refractivity (Wildman–Crippen MR) is 135 cm³/mol. The first-order chi connectivity index (χ1) is 16.2. The van der Waals surface area contributed by atoms with Gasteiger partial charge in [0, 0.05) is 21.7 Å². The summed E-state index contributed by atoms with van der Waals surface area (Å²) < 4.78 is 18.0. The van der Waals surface area contributed by atoms with Crippen LogP contribution in [0.5, 0.6) is 11.5 Å². The van der Waals surface area contributed by atoms with Gasteiger partial charge in [-0.3, -0.25) is 4.79 Å².